The summed E-state index contributed by atoms with van der Waals surface area (Å²) in [5.74, 6) is -0.805. The number of nitrogens with zero attached hydrogens (tertiary/aromatic N) is 2. The molecule has 6 nitrogen and oxygen atoms in total. The van der Waals surface area contributed by atoms with Gasteiger partial charge in [-0.2, -0.15) is 0 Å². The van der Waals surface area contributed by atoms with Crippen LogP contribution in [0, 0.1) is 5.92 Å². The van der Waals surface area contributed by atoms with E-state index >= 15 is 0 Å². The van der Waals surface area contributed by atoms with E-state index in [0.29, 0.717) is 18.5 Å². The molecule has 2 heterocycles. The van der Waals surface area contributed by atoms with E-state index in [1.54, 1.807) is 24.2 Å². The normalized spacial score (nSPS) is 21.5. The average Bonchev–Trinajstić information content (AvgIpc) is 2.48. The lowest BCUT2D eigenvalue weighted by Crippen LogP contribution is -2.48. The average molecular weight is 334 g/mol. The van der Waals surface area contributed by atoms with Gasteiger partial charge in [-0.05, 0) is 46.6 Å². The summed E-state index contributed by atoms with van der Waals surface area (Å²) in [5.41, 5.74) is -0.412. The zero-order valence-corrected chi connectivity index (χ0v) is 15.0. The summed E-state index contributed by atoms with van der Waals surface area (Å²) < 4.78 is 6.87. The van der Waals surface area contributed by atoms with Crippen LogP contribution in [-0.2, 0) is 16.6 Å². The first-order valence-electron chi connectivity index (χ1n) is 8.29. The molecule has 1 aromatic rings. The third-order valence-corrected chi connectivity index (χ3v) is 4.23. The second-order valence-corrected chi connectivity index (χ2v) is 7.48. The molecule has 1 saturated heterocycles. The Kier molecular flexibility index (Phi) is 5.16. The number of aromatic nitrogens is 1. The quantitative estimate of drug-likeness (QED) is 0.776. The Morgan fingerprint density at radius 3 is 2.50 bits per heavy atom. The van der Waals surface area contributed by atoms with E-state index in [-0.39, 0.29) is 29.4 Å². The first-order chi connectivity index (χ1) is 11.1. The second kappa shape index (κ2) is 6.79. The highest BCUT2D eigenvalue weighted by atomic mass is 16.6. The lowest BCUT2D eigenvalue weighted by molar-refractivity contribution is -0.161. The van der Waals surface area contributed by atoms with Gasteiger partial charge in [0, 0.05) is 37.5 Å². The van der Waals surface area contributed by atoms with Crippen LogP contribution in [0.15, 0.2) is 23.1 Å². The van der Waals surface area contributed by atoms with Crippen molar-refractivity contribution in [3.05, 3.63) is 34.2 Å². The molecule has 0 saturated carbocycles. The lowest BCUT2D eigenvalue weighted by atomic mass is 9.92. The van der Waals surface area contributed by atoms with Gasteiger partial charge < -0.3 is 14.2 Å². The molecule has 1 aliphatic rings. The van der Waals surface area contributed by atoms with Crippen molar-refractivity contribution in [2.45, 2.75) is 52.2 Å². The van der Waals surface area contributed by atoms with E-state index in [2.05, 4.69) is 0 Å². The van der Waals surface area contributed by atoms with Crippen molar-refractivity contribution >= 4 is 11.9 Å². The van der Waals surface area contributed by atoms with Gasteiger partial charge in [-0.1, -0.05) is 0 Å². The van der Waals surface area contributed by atoms with Crippen LogP contribution in [-0.4, -0.2) is 39.5 Å². The van der Waals surface area contributed by atoms with Crippen molar-refractivity contribution in [3.63, 3.8) is 0 Å². The minimum absolute atomic E-state index is 0.0280. The fourth-order valence-corrected chi connectivity index (χ4v) is 2.81. The van der Waals surface area contributed by atoms with Crippen LogP contribution in [0.2, 0.25) is 0 Å². The minimum atomic E-state index is -0.541. The first kappa shape index (κ1) is 18.2. The largest absolute Gasteiger partial charge is 0.460 e. The Hall–Kier alpha value is -2.11. The molecule has 1 fully saturated rings. The molecule has 6 heteroatoms. The van der Waals surface area contributed by atoms with E-state index in [9.17, 15) is 14.4 Å². The maximum atomic E-state index is 12.8. The summed E-state index contributed by atoms with van der Waals surface area (Å²) in [6.07, 6.45) is 3.02. The van der Waals surface area contributed by atoms with Gasteiger partial charge >= 0.3 is 5.97 Å². The van der Waals surface area contributed by atoms with Gasteiger partial charge in [0.1, 0.15) is 5.60 Å². The zero-order valence-electron chi connectivity index (χ0n) is 15.0. The van der Waals surface area contributed by atoms with Crippen LogP contribution < -0.4 is 5.56 Å². The maximum Gasteiger partial charge on any atom is 0.311 e. The van der Waals surface area contributed by atoms with Gasteiger partial charge in [-0.15, -0.1) is 0 Å². The number of carbonyl (C=O) groups excluding carboxylic acids is 2. The summed E-state index contributed by atoms with van der Waals surface area (Å²) >= 11 is 0. The summed E-state index contributed by atoms with van der Waals surface area (Å²) in [4.78, 5) is 38.5. The van der Waals surface area contributed by atoms with Crippen LogP contribution >= 0.6 is 0 Å². The molecule has 1 aromatic heterocycles. The highest BCUT2D eigenvalue weighted by Crippen LogP contribution is 2.26. The third kappa shape index (κ3) is 4.24. The van der Waals surface area contributed by atoms with Crippen molar-refractivity contribution in [2.75, 3.05) is 6.54 Å². The number of esters is 1. The summed E-state index contributed by atoms with van der Waals surface area (Å²) in [7, 11) is 1.64. The highest BCUT2D eigenvalue weighted by molar-refractivity contribution is 5.94. The fourth-order valence-electron chi connectivity index (χ4n) is 2.81. The maximum absolute atomic E-state index is 12.8. The number of amides is 1. The molecular weight excluding hydrogens is 308 g/mol. The first-order valence-corrected chi connectivity index (χ1v) is 8.29. The van der Waals surface area contributed by atoms with Crippen molar-refractivity contribution in [2.24, 2.45) is 13.0 Å². The van der Waals surface area contributed by atoms with Crippen molar-refractivity contribution in [1.29, 1.82) is 0 Å². The number of likely N-dealkylation sites (tertiary alicyclic amines) is 1. The Bertz CT molecular complexity index is 687. The molecule has 2 rings (SSSR count). The molecule has 0 N–H and O–H groups in total. The van der Waals surface area contributed by atoms with E-state index in [4.69, 9.17) is 4.74 Å². The van der Waals surface area contributed by atoms with Gasteiger partial charge in [-0.3, -0.25) is 14.4 Å². The Labute approximate surface area is 142 Å². The monoisotopic (exact) mass is 334 g/mol. The van der Waals surface area contributed by atoms with Gasteiger partial charge in [0.25, 0.3) is 11.5 Å². The molecule has 24 heavy (non-hydrogen) atoms. The molecule has 0 aromatic carbocycles. The predicted molar refractivity (Wildman–Crippen MR) is 90.8 cm³/mol. The molecular formula is C18H26N2O4. The van der Waals surface area contributed by atoms with Crippen molar-refractivity contribution < 1.29 is 14.3 Å². The highest BCUT2D eigenvalue weighted by Gasteiger charge is 2.35. The number of rotatable bonds is 2. The van der Waals surface area contributed by atoms with E-state index < -0.39 is 5.60 Å². The van der Waals surface area contributed by atoms with Gasteiger partial charge in [0.2, 0.25) is 0 Å². The number of carbonyl (C=O) groups is 2. The number of hydrogen-bond acceptors (Lipinski definition) is 4. The van der Waals surface area contributed by atoms with Crippen LogP contribution in [0.25, 0.3) is 0 Å². The topological polar surface area (TPSA) is 68.6 Å². The Morgan fingerprint density at radius 1 is 1.25 bits per heavy atom. The van der Waals surface area contributed by atoms with Crippen LogP contribution in [0.5, 0.6) is 0 Å². The molecule has 0 radical (unpaired) electrons. The molecule has 0 bridgehead atoms. The standard InChI is InChI=1S/C18H26N2O4/c1-12-6-7-14(17(23)24-18(2,3)4)11-20(12)16(22)13-8-9-19(5)15(21)10-13/h8-10,12,14H,6-7,11H2,1-5H3/t12-,14+/m1/s1. The Morgan fingerprint density at radius 2 is 1.92 bits per heavy atom. The molecule has 132 valence electrons. The van der Waals surface area contributed by atoms with E-state index in [1.807, 2.05) is 27.7 Å². The van der Waals surface area contributed by atoms with Gasteiger partial charge in [-0.25, -0.2) is 0 Å². The van der Waals surface area contributed by atoms with Gasteiger partial charge in [0.05, 0.1) is 5.92 Å². The van der Waals surface area contributed by atoms with E-state index in [0.717, 1.165) is 6.42 Å². The molecule has 0 spiro atoms. The smallest absolute Gasteiger partial charge is 0.311 e. The van der Waals surface area contributed by atoms with Crippen LogP contribution in [0.4, 0.5) is 0 Å². The number of piperidine rings is 1. The number of aryl methyl sites for hydroxylation is 1. The number of hydrogen-bond donors (Lipinski definition) is 0. The minimum Gasteiger partial charge on any atom is -0.460 e. The molecule has 0 unspecified atom stereocenters. The van der Waals surface area contributed by atoms with Crippen molar-refractivity contribution in [3.8, 4) is 0 Å². The number of ether oxygens (including phenoxy) is 1. The zero-order chi connectivity index (χ0) is 18.1. The summed E-state index contributed by atoms with van der Waals surface area (Å²) in [6, 6.07) is 3.00. The Balaban J connectivity index is 2.15. The van der Waals surface area contributed by atoms with Crippen LogP contribution in [0.1, 0.15) is 50.9 Å². The predicted octanol–water partition coefficient (Wildman–Crippen LogP) is 1.97. The lowest BCUT2D eigenvalue weighted by Gasteiger charge is -2.38. The fraction of sp³-hybridized carbons (Fsp3) is 0.611. The van der Waals surface area contributed by atoms with Gasteiger partial charge in [0.15, 0.2) is 0 Å². The summed E-state index contributed by atoms with van der Waals surface area (Å²) in [5, 5.41) is 0. The van der Waals surface area contributed by atoms with Crippen molar-refractivity contribution in [1.82, 2.24) is 9.47 Å². The number of pyridine rings is 1. The second-order valence-electron chi connectivity index (χ2n) is 7.48. The van der Waals surface area contributed by atoms with Crippen LogP contribution in [0.3, 0.4) is 0 Å². The molecule has 1 aliphatic heterocycles. The third-order valence-electron chi connectivity index (χ3n) is 4.23. The molecule has 1 amide bonds. The van der Waals surface area contributed by atoms with E-state index in [1.165, 1.54) is 10.6 Å². The SMILES string of the molecule is C[C@@H]1CC[C@H](C(=O)OC(C)(C)C)CN1C(=O)c1ccn(C)c(=O)c1. The molecule has 0 aliphatic carbocycles. The summed E-state index contributed by atoms with van der Waals surface area (Å²) in [6.45, 7) is 7.78. The molecule has 2 atom stereocenters.